The molecule has 1 aromatic rings. The lowest BCUT2D eigenvalue weighted by molar-refractivity contribution is 0.258. The first-order valence-corrected chi connectivity index (χ1v) is 15.7. The van der Waals surface area contributed by atoms with Crippen molar-refractivity contribution >= 4 is 23.6 Å². The summed E-state index contributed by atoms with van der Waals surface area (Å²) < 4.78 is 0.527. The molecule has 1 aromatic carbocycles. The molecule has 0 saturated heterocycles. The topological polar surface area (TPSA) is 26.8 Å². The molecule has 0 spiro atoms. The molecular formula is C31H59N3OS. The van der Waals surface area contributed by atoms with Crippen molar-refractivity contribution in [1.82, 2.24) is 4.90 Å². The van der Waals surface area contributed by atoms with Gasteiger partial charge >= 0.3 is 0 Å². The Balaban J connectivity index is 2.53. The Labute approximate surface area is 229 Å². The van der Waals surface area contributed by atoms with Gasteiger partial charge < -0.3 is 14.7 Å². The number of hydrogen-bond acceptors (Lipinski definition) is 5. The maximum absolute atomic E-state index is 12.5. The normalized spacial score (nSPS) is 11.8. The van der Waals surface area contributed by atoms with E-state index in [9.17, 15) is 4.79 Å². The largest absolute Gasteiger partial charge is 0.371 e. The van der Waals surface area contributed by atoms with E-state index < -0.39 is 0 Å². The molecule has 0 aliphatic heterocycles. The van der Waals surface area contributed by atoms with Crippen LogP contribution in [0.1, 0.15) is 124 Å². The summed E-state index contributed by atoms with van der Waals surface area (Å²) in [6, 6.07) is 0. The van der Waals surface area contributed by atoms with Crippen molar-refractivity contribution in [2.45, 2.75) is 124 Å². The summed E-state index contributed by atoms with van der Waals surface area (Å²) in [5.74, 6) is 0.698. The van der Waals surface area contributed by atoms with Crippen LogP contribution in [0, 0.1) is 10.4 Å². The minimum absolute atomic E-state index is 0.0617. The highest BCUT2D eigenvalue weighted by Gasteiger charge is 2.24. The van der Waals surface area contributed by atoms with Crippen LogP contribution < -0.4 is 15.2 Å². The Hall–Kier alpha value is -0.940. The lowest BCUT2D eigenvalue weighted by Gasteiger charge is -2.30. The minimum Gasteiger partial charge on any atom is -0.371 e. The van der Waals surface area contributed by atoms with Crippen LogP contribution in [0.5, 0.6) is 0 Å². The molecule has 0 aromatic heterocycles. The summed E-state index contributed by atoms with van der Waals surface area (Å²) in [4.78, 5) is 19.6. The third-order valence-corrected chi connectivity index (χ3v) is 7.90. The first-order valence-electron chi connectivity index (χ1n) is 15.3. The second-order valence-electron chi connectivity index (χ2n) is 11.5. The van der Waals surface area contributed by atoms with Crippen LogP contribution in [-0.4, -0.2) is 51.7 Å². The van der Waals surface area contributed by atoms with Crippen molar-refractivity contribution in [1.29, 1.82) is 0 Å². The van der Waals surface area contributed by atoms with Gasteiger partial charge in [0.1, 0.15) is 10.2 Å². The zero-order chi connectivity index (χ0) is 26.8. The fraction of sp³-hybridized carbons (Fsp3) is 0.871. The quantitative estimate of drug-likeness (QED) is 0.101. The van der Waals surface area contributed by atoms with E-state index in [-0.39, 0.29) is 5.43 Å². The van der Waals surface area contributed by atoms with Crippen LogP contribution in [0.3, 0.4) is 0 Å². The average Bonchev–Trinajstić information content (AvgIpc) is 2.84. The number of unbranched alkanes of at least 4 members (excludes halogenated alkanes) is 10. The van der Waals surface area contributed by atoms with Gasteiger partial charge in [0, 0.05) is 27.2 Å². The number of rotatable bonds is 24. The average molecular weight is 522 g/mol. The standard InChI is InChI=1S/C31H59N3OS/c1-7-9-11-13-15-17-24-34(25-18-16-14-12-10-8-2)26-20-23-33(6)29-28(30(35)31(29)36)32(5)22-19-21-27(3)4/h27H,7-26H2,1-6H3. The van der Waals surface area contributed by atoms with Crippen LogP contribution in [0.25, 0.3) is 0 Å². The summed E-state index contributed by atoms with van der Waals surface area (Å²) >= 11 is 5.47. The fourth-order valence-corrected chi connectivity index (χ4v) is 5.48. The zero-order valence-corrected chi connectivity index (χ0v) is 25.7. The summed E-state index contributed by atoms with van der Waals surface area (Å²) in [5, 5.41) is 0. The first kappa shape index (κ1) is 33.1. The third kappa shape index (κ3) is 13.0. The maximum Gasteiger partial charge on any atom is 0.224 e. The molecule has 5 heteroatoms. The van der Waals surface area contributed by atoms with Crippen molar-refractivity contribution in [2.75, 3.05) is 56.6 Å². The lowest BCUT2D eigenvalue weighted by Crippen LogP contribution is -2.35. The Morgan fingerprint density at radius 2 is 1.06 bits per heavy atom. The van der Waals surface area contributed by atoms with Gasteiger partial charge in [-0.2, -0.15) is 0 Å². The number of nitrogens with zero attached hydrogens (tertiary/aromatic N) is 3. The Kier molecular flexibility index (Phi) is 18.5. The molecule has 0 unspecified atom stereocenters. The van der Waals surface area contributed by atoms with E-state index >= 15 is 0 Å². The second-order valence-corrected chi connectivity index (χ2v) is 11.9. The molecule has 1 rings (SSSR count). The van der Waals surface area contributed by atoms with Crippen molar-refractivity contribution in [3.8, 4) is 0 Å². The molecule has 0 N–H and O–H groups in total. The van der Waals surface area contributed by atoms with E-state index in [1.54, 1.807) is 0 Å². The van der Waals surface area contributed by atoms with Crippen LogP contribution >= 0.6 is 12.2 Å². The van der Waals surface area contributed by atoms with E-state index in [1.807, 2.05) is 7.05 Å². The van der Waals surface area contributed by atoms with E-state index in [1.165, 1.54) is 96.6 Å². The highest BCUT2D eigenvalue weighted by atomic mass is 32.1. The van der Waals surface area contributed by atoms with Gasteiger partial charge in [-0.25, -0.2) is 0 Å². The molecule has 0 amide bonds. The predicted molar refractivity (Wildman–Crippen MR) is 164 cm³/mol. The monoisotopic (exact) mass is 521 g/mol. The Bertz CT molecular complexity index is 725. The van der Waals surface area contributed by atoms with Gasteiger partial charge in [0.15, 0.2) is 0 Å². The van der Waals surface area contributed by atoms with Crippen LogP contribution in [0.2, 0.25) is 0 Å². The predicted octanol–water partition coefficient (Wildman–Crippen LogP) is 8.37. The van der Waals surface area contributed by atoms with Crippen LogP contribution in [-0.2, 0) is 0 Å². The first-order chi connectivity index (χ1) is 17.3. The summed E-state index contributed by atoms with van der Waals surface area (Å²) in [6.45, 7) is 14.6. The van der Waals surface area contributed by atoms with Gasteiger partial charge in [-0.05, 0) is 57.7 Å². The van der Waals surface area contributed by atoms with Gasteiger partial charge in [0.25, 0.3) is 0 Å². The molecule has 0 fully saturated rings. The Morgan fingerprint density at radius 1 is 0.611 bits per heavy atom. The van der Waals surface area contributed by atoms with Gasteiger partial charge in [-0.3, -0.25) is 4.79 Å². The van der Waals surface area contributed by atoms with E-state index in [2.05, 4.69) is 49.4 Å². The molecule has 0 aliphatic carbocycles. The van der Waals surface area contributed by atoms with Crippen LogP contribution in [0.15, 0.2) is 4.79 Å². The van der Waals surface area contributed by atoms with Crippen molar-refractivity contribution in [3.63, 3.8) is 0 Å². The van der Waals surface area contributed by atoms with E-state index in [0.29, 0.717) is 10.4 Å². The lowest BCUT2D eigenvalue weighted by atomic mass is 10.1. The van der Waals surface area contributed by atoms with E-state index in [4.69, 9.17) is 12.2 Å². The van der Waals surface area contributed by atoms with Crippen molar-refractivity contribution in [2.24, 2.45) is 5.92 Å². The highest BCUT2D eigenvalue weighted by molar-refractivity contribution is 7.71. The maximum atomic E-state index is 12.5. The molecule has 0 saturated carbocycles. The van der Waals surface area contributed by atoms with Gasteiger partial charge in [-0.15, -0.1) is 0 Å². The minimum atomic E-state index is 0.0617. The van der Waals surface area contributed by atoms with Gasteiger partial charge in [0.05, 0.1) is 5.69 Å². The summed E-state index contributed by atoms with van der Waals surface area (Å²) in [7, 11) is 4.16. The van der Waals surface area contributed by atoms with Crippen molar-refractivity contribution < 1.29 is 0 Å². The van der Waals surface area contributed by atoms with Gasteiger partial charge in [0.2, 0.25) is 5.43 Å². The molecule has 0 heterocycles. The Morgan fingerprint density at radius 3 is 1.58 bits per heavy atom. The van der Waals surface area contributed by atoms with Gasteiger partial charge in [-0.1, -0.05) is 104 Å². The number of anilines is 2. The zero-order valence-electron chi connectivity index (χ0n) is 24.9. The summed E-state index contributed by atoms with van der Waals surface area (Å²) in [6.07, 6.45) is 19.7. The number of hydrogen-bond donors (Lipinski definition) is 0. The SMILES string of the molecule is CCCCCCCCN(CCCCCCCC)CCCN(C)c1c(N(C)CCCC(C)C)c(=O)c1=S. The van der Waals surface area contributed by atoms with Crippen LogP contribution in [0.4, 0.5) is 11.4 Å². The molecular weight excluding hydrogens is 462 g/mol. The second kappa shape index (κ2) is 20.1. The van der Waals surface area contributed by atoms with Crippen molar-refractivity contribution in [3.05, 3.63) is 14.7 Å². The summed E-state index contributed by atoms with van der Waals surface area (Å²) in [5.41, 5.74) is 1.90. The third-order valence-electron chi connectivity index (χ3n) is 7.52. The molecule has 210 valence electrons. The smallest absolute Gasteiger partial charge is 0.224 e. The fourth-order valence-electron chi connectivity index (χ4n) is 5.13. The molecule has 36 heavy (non-hydrogen) atoms. The molecule has 0 aliphatic rings. The molecule has 0 atom stereocenters. The molecule has 0 radical (unpaired) electrons. The molecule has 4 nitrogen and oxygen atoms in total. The van der Waals surface area contributed by atoms with E-state index in [0.717, 1.165) is 43.9 Å². The molecule has 0 bridgehead atoms. The highest BCUT2D eigenvalue weighted by Crippen LogP contribution is 2.30.